The Balaban J connectivity index is 3.23. The van der Waals surface area contributed by atoms with Crippen LogP contribution in [0.5, 0.6) is 0 Å². The molecule has 16 heavy (non-hydrogen) atoms. The highest BCUT2D eigenvalue weighted by Gasteiger charge is 2.22. The molecule has 0 spiro atoms. The topological polar surface area (TPSA) is 63.4 Å². The summed E-state index contributed by atoms with van der Waals surface area (Å²) in [4.78, 5) is -0.147. The van der Waals surface area contributed by atoms with Crippen LogP contribution in [0.2, 0.25) is 0 Å². The van der Waals surface area contributed by atoms with Gasteiger partial charge in [0, 0.05) is 7.05 Å². The summed E-state index contributed by atoms with van der Waals surface area (Å²) < 4.78 is 37.5. The second kappa shape index (κ2) is 4.51. The molecule has 0 radical (unpaired) electrons. The molecule has 0 atom stereocenters. The normalized spacial score (nSPS) is 11.4. The molecule has 0 saturated carbocycles. The molecular weight excluding hydrogens is 231 g/mol. The molecule has 1 rings (SSSR count). The van der Waals surface area contributed by atoms with Crippen LogP contribution in [-0.4, -0.2) is 26.3 Å². The fourth-order valence-corrected chi connectivity index (χ4v) is 2.31. The van der Waals surface area contributed by atoms with E-state index in [2.05, 4.69) is 5.92 Å². The molecule has 2 N–H and O–H groups in total. The molecule has 4 nitrogen and oxygen atoms in total. The van der Waals surface area contributed by atoms with Gasteiger partial charge in [0.2, 0.25) is 10.0 Å². The lowest BCUT2D eigenvalue weighted by Gasteiger charge is -2.15. The van der Waals surface area contributed by atoms with E-state index < -0.39 is 15.8 Å². The number of hydrogen-bond acceptors (Lipinski definition) is 3. The van der Waals surface area contributed by atoms with Crippen molar-refractivity contribution < 1.29 is 12.8 Å². The lowest BCUT2D eigenvalue weighted by molar-refractivity contribution is 0.503. The fourth-order valence-electron chi connectivity index (χ4n) is 1.14. The highest BCUT2D eigenvalue weighted by molar-refractivity contribution is 7.89. The van der Waals surface area contributed by atoms with Crippen LogP contribution in [-0.2, 0) is 10.0 Å². The molecule has 6 heteroatoms. The first-order chi connectivity index (χ1) is 7.39. The van der Waals surface area contributed by atoms with Gasteiger partial charge in [0.15, 0.2) is 0 Å². The Bertz CT molecular complexity index is 534. The molecule has 1 aromatic rings. The third kappa shape index (κ3) is 2.32. The molecule has 0 unspecified atom stereocenters. The number of nitrogen functional groups attached to an aromatic ring is 1. The third-order valence-corrected chi connectivity index (χ3v) is 3.85. The number of nitrogens with two attached hydrogens (primary N) is 1. The second-order valence-corrected chi connectivity index (χ2v) is 5.16. The van der Waals surface area contributed by atoms with Gasteiger partial charge in [-0.15, -0.1) is 6.42 Å². The van der Waals surface area contributed by atoms with E-state index in [4.69, 9.17) is 12.2 Å². The Morgan fingerprint density at radius 3 is 2.69 bits per heavy atom. The van der Waals surface area contributed by atoms with Crippen molar-refractivity contribution in [2.75, 3.05) is 19.3 Å². The maximum atomic E-state index is 12.8. The fraction of sp³-hybridized carbons (Fsp3) is 0.200. The van der Waals surface area contributed by atoms with Crippen molar-refractivity contribution in [3.8, 4) is 12.3 Å². The van der Waals surface area contributed by atoms with Crippen molar-refractivity contribution in [2.45, 2.75) is 4.90 Å². The van der Waals surface area contributed by atoms with Gasteiger partial charge in [-0.3, -0.25) is 0 Å². The molecule has 0 aliphatic rings. The number of hydrogen-bond donors (Lipinski definition) is 1. The maximum Gasteiger partial charge on any atom is 0.245 e. The van der Waals surface area contributed by atoms with Crippen LogP contribution in [0.15, 0.2) is 23.1 Å². The molecule has 0 aliphatic heterocycles. The molecule has 0 heterocycles. The van der Waals surface area contributed by atoms with Crippen LogP contribution in [0.3, 0.4) is 0 Å². The van der Waals surface area contributed by atoms with E-state index in [9.17, 15) is 12.8 Å². The maximum absolute atomic E-state index is 12.8. The van der Waals surface area contributed by atoms with E-state index in [1.54, 1.807) is 0 Å². The lowest BCUT2D eigenvalue weighted by atomic mass is 10.3. The first-order valence-corrected chi connectivity index (χ1v) is 5.78. The largest absolute Gasteiger partial charge is 0.398 e. The van der Waals surface area contributed by atoms with Crippen LogP contribution in [0.1, 0.15) is 0 Å². The zero-order valence-electron chi connectivity index (χ0n) is 8.64. The second-order valence-electron chi connectivity index (χ2n) is 3.15. The average molecular weight is 242 g/mol. The Hall–Kier alpha value is -1.58. The summed E-state index contributed by atoms with van der Waals surface area (Å²) in [6.07, 6.45) is 5.02. The molecule has 0 bridgehead atoms. The summed E-state index contributed by atoms with van der Waals surface area (Å²) in [6, 6.07) is 3.11. The van der Waals surface area contributed by atoms with Crippen molar-refractivity contribution >= 4 is 15.7 Å². The molecule has 0 saturated heterocycles. The predicted molar refractivity (Wildman–Crippen MR) is 59.5 cm³/mol. The monoisotopic (exact) mass is 242 g/mol. The van der Waals surface area contributed by atoms with Crippen LogP contribution in [0.4, 0.5) is 10.1 Å². The smallest absolute Gasteiger partial charge is 0.245 e. The van der Waals surface area contributed by atoms with Crippen molar-refractivity contribution in [1.29, 1.82) is 0 Å². The summed E-state index contributed by atoms with van der Waals surface area (Å²) in [7, 11) is -2.42. The molecule has 1 aromatic carbocycles. The van der Waals surface area contributed by atoms with E-state index >= 15 is 0 Å². The Labute approximate surface area is 93.9 Å². The van der Waals surface area contributed by atoms with E-state index in [-0.39, 0.29) is 17.1 Å². The van der Waals surface area contributed by atoms with E-state index in [0.717, 1.165) is 22.5 Å². The minimum Gasteiger partial charge on any atom is -0.398 e. The van der Waals surface area contributed by atoms with Crippen molar-refractivity contribution in [2.24, 2.45) is 0 Å². The summed E-state index contributed by atoms with van der Waals surface area (Å²) >= 11 is 0. The Kier molecular flexibility index (Phi) is 3.52. The van der Waals surface area contributed by atoms with Crippen molar-refractivity contribution in [3.05, 3.63) is 24.0 Å². The highest BCUT2D eigenvalue weighted by Crippen LogP contribution is 2.21. The van der Waals surface area contributed by atoms with Gasteiger partial charge in [-0.2, -0.15) is 4.31 Å². The molecule has 0 amide bonds. The van der Waals surface area contributed by atoms with E-state index in [1.165, 1.54) is 7.05 Å². The number of benzene rings is 1. The van der Waals surface area contributed by atoms with Crippen molar-refractivity contribution in [1.82, 2.24) is 4.31 Å². The van der Waals surface area contributed by atoms with Gasteiger partial charge in [0.05, 0.1) is 12.2 Å². The zero-order chi connectivity index (χ0) is 12.3. The molecular formula is C10H11FN2O2S. The first kappa shape index (κ1) is 12.5. The number of anilines is 1. The lowest BCUT2D eigenvalue weighted by Crippen LogP contribution is -2.27. The zero-order valence-corrected chi connectivity index (χ0v) is 9.46. The SMILES string of the molecule is C#CCN(C)S(=O)(=O)c1ccc(F)cc1N. The van der Waals surface area contributed by atoms with Gasteiger partial charge in [-0.05, 0) is 18.2 Å². The predicted octanol–water partition coefficient (Wildman–Crippen LogP) is 0.662. The molecule has 86 valence electrons. The number of terminal acetylenes is 1. The minimum absolute atomic E-state index is 0.0703. The van der Waals surface area contributed by atoms with Gasteiger partial charge in [0.1, 0.15) is 10.7 Å². The van der Waals surface area contributed by atoms with Crippen LogP contribution >= 0.6 is 0 Å². The standard InChI is InChI=1S/C10H11FN2O2S/c1-3-6-13(2)16(14,15)10-5-4-8(11)7-9(10)12/h1,4-5,7H,6,12H2,2H3. The van der Waals surface area contributed by atoms with Crippen LogP contribution in [0.25, 0.3) is 0 Å². The summed E-state index contributed by atoms with van der Waals surface area (Å²) in [5.41, 5.74) is 5.31. The Morgan fingerprint density at radius 1 is 1.56 bits per heavy atom. The minimum atomic E-state index is -3.75. The van der Waals surface area contributed by atoms with Crippen LogP contribution < -0.4 is 5.73 Å². The van der Waals surface area contributed by atoms with Crippen molar-refractivity contribution in [3.63, 3.8) is 0 Å². The molecule has 0 aromatic heterocycles. The van der Waals surface area contributed by atoms with Gasteiger partial charge in [-0.25, -0.2) is 12.8 Å². The summed E-state index contributed by atoms with van der Waals surface area (Å²) in [6.45, 7) is -0.0703. The van der Waals surface area contributed by atoms with Gasteiger partial charge < -0.3 is 5.73 Å². The quantitative estimate of drug-likeness (QED) is 0.625. The first-order valence-electron chi connectivity index (χ1n) is 4.34. The van der Waals surface area contributed by atoms with Gasteiger partial charge in [-0.1, -0.05) is 5.92 Å². The summed E-state index contributed by atoms with van der Waals surface area (Å²) in [5.74, 6) is 1.62. The third-order valence-electron chi connectivity index (χ3n) is 1.97. The summed E-state index contributed by atoms with van der Waals surface area (Å²) in [5, 5.41) is 0. The Morgan fingerprint density at radius 2 is 2.19 bits per heavy atom. The number of sulfonamides is 1. The van der Waals surface area contributed by atoms with Gasteiger partial charge >= 0.3 is 0 Å². The number of rotatable bonds is 3. The van der Waals surface area contributed by atoms with E-state index in [1.807, 2.05) is 0 Å². The molecule has 0 aliphatic carbocycles. The number of halogens is 1. The van der Waals surface area contributed by atoms with Gasteiger partial charge in [0.25, 0.3) is 0 Å². The van der Waals surface area contributed by atoms with E-state index in [0.29, 0.717) is 0 Å². The van der Waals surface area contributed by atoms with Crippen LogP contribution in [0, 0.1) is 18.2 Å². The number of nitrogens with zero attached hydrogens (tertiary/aromatic N) is 1. The molecule has 0 fully saturated rings. The highest BCUT2D eigenvalue weighted by atomic mass is 32.2. The average Bonchev–Trinajstić information content (AvgIpc) is 2.17.